The zero-order valence-electron chi connectivity index (χ0n) is 11.5. The molecule has 1 aliphatic rings. The molecule has 1 saturated carbocycles. The normalized spacial score (nSPS) is 17.0. The lowest BCUT2D eigenvalue weighted by Crippen LogP contribution is -2.31. The fourth-order valence-corrected chi connectivity index (χ4v) is 2.55. The lowest BCUT2D eigenvalue weighted by molar-refractivity contribution is 0.523. The highest BCUT2D eigenvalue weighted by atomic mass is 15.1. The van der Waals surface area contributed by atoms with Gasteiger partial charge in [0.25, 0.3) is 0 Å². The minimum absolute atomic E-state index is 0.403. The van der Waals surface area contributed by atoms with Crippen LogP contribution in [0, 0.1) is 26.2 Å². The van der Waals surface area contributed by atoms with Crippen LogP contribution in [0.5, 0.6) is 0 Å². The summed E-state index contributed by atoms with van der Waals surface area (Å²) >= 11 is 0. The third-order valence-corrected chi connectivity index (χ3v) is 4.19. The van der Waals surface area contributed by atoms with Crippen LogP contribution < -0.4 is 10.6 Å². The highest BCUT2D eigenvalue weighted by Gasteiger charge is 2.42. The van der Waals surface area contributed by atoms with E-state index in [1.165, 1.54) is 35.2 Å². The maximum absolute atomic E-state index is 5.86. The number of aryl methyl sites for hydroxylation is 3. The van der Waals surface area contributed by atoms with Crippen LogP contribution in [-0.2, 0) is 0 Å². The molecule has 0 heterocycles. The second-order valence-electron chi connectivity index (χ2n) is 5.78. The Balaban J connectivity index is 2.19. The summed E-state index contributed by atoms with van der Waals surface area (Å²) in [6.45, 7) is 8.46. The molecule has 0 atom stereocenters. The standard InChI is InChI=1S/C15H24N2/c1-11-7-13(3)14(8-12(11)2)17(4)10-15(9-16)5-6-15/h7-8H,5-6,9-10,16H2,1-4H3. The molecule has 17 heavy (non-hydrogen) atoms. The van der Waals surface area contributed by atoms with Gasteiger partial charge in [-0.1, -0.05) is 6.07 Å². The molecule has 1 fully saturated rings. The fourth-order valence-electron chi connectivity index (χ4n) is 2.55. The number of nitrogens with zero attached hydrogens (tertiary/aromatic N) is 1. The van der Waals surface area contributed by atoms with E-state index in [1.54, 1.807) is 0 Å². The summed E-state index contributed by atoms with van der Waals surface area (Å²) in [6.07, 6.45) is 2.58. The molecule has 2 nitrogen and oxygen atoms in total. The maximum atomic E-state index is 5.86. The molecular formula is C15H24N2. The topological polar surface area (TPSA) is 29.3 Å². The zero-order chi connectivity index (χ0) is 12.6. The van der Waals surface area contributed by atoms with Gasteiger partial charge in [0.1, 0.15) is 0 Å². The highest BCUT2D eigenvalue weighted by Crippen LogP contribution is 2.45. The number of benzene rings is 1. The molecule has 0 aromatic heterocycles. The van der Waals surface area contributed by atoms with Crippen molar-refractivity contribution in [2.24, 2.45) is 11.1 Å². The van der Waals surface area contributed by atoms with Gasteiger partial charge in [-0.2, -0.15) is 0 Å². The van der Waals surface area contributed by atoms with Crippen LogP contribution in [-0.4, -0.2) is 20.1 Å². The van der Waals surface area contributed by atoms with Crippen molar-refractivity contribution in [2.75, 3.05) is 25.0 Å². The third kappa shape index (κ3) is 2.47. The Morgan fingerprint density at radius 2 is 1.71 bits per heavy atom. The first-order chi connectivity index (χ1) is 7.97. The Morgan fingerprint density at radius 1 is 1.12 bits per heavy atom. The van der Waals surface area contributed by atoms with E-state index in [0.29, 0.717) is 5.41 Å². The largest absolute Gasteiger partial charge is 0.374 e. The molecule has 2 heteroatoms. The van der Waals surface area contributed by atoms with Crippen LogP contribution >= 0.6 is 0 Å². The molecule has 1 aliphatic carbocycles. The van der Waals surface area contributed by atoms with Crippen molar-refractivity contribution in [3.63, 3.8) is 0 Å². The Labute approximate surface area is 105 Å². The molecule has 0 bridgehead atoms. The quantitative estimate of drug-likeness (QED) is 0.865. The smallest absolute Gasteiger partial charge is 0.0396 e. The maximum Gasteiger partial charge on any atom is 0.0396 e. The zero-order valence-corrected chi connectivity index (χ0v) is 11.5. The molecule has 0 spiro atoms. The number of rotatable bonds is 4. The molecule has 2 N–H and O–H groups in total. The van der Waals surface area contributed by atoms with Crippen LogP contribution in [0.3, 0.4) is 0 Å². The molecule has 1 aromatic carbocycles. The van der Waals surface area contributed by atoms with Gasteiger partial charge >= 0.3 is 0 Å². The van der Waals surface area contributed by atoms with Crippen molar-refractivity contribution in [1.82, 2.24) is 0 Å². The van der Waals surface area contributed by atoms with Gasteiger partial charge in [0.15, 0.2) is 0 Å². The van der Waals surface area contributed by atoms with E-state index < -0.39 is 0 Å². The van der Waals surface area contributed by atoms with Gasteiger partial charge in [0.2, 0.25) is 0 Å². The molecule has 1 aromatic rings. The summed E-state index contributed by atoms with van der Waals surface area (Å²) in [6, 6.07) is 4.58. The molecule has 0 aliphatic heterocycles. The molecule has 0 amide bonds. The third-order valence-electron chi connectivity index (χ3n) is 4.19. The number of hydrogen-bond acceptors (Lipinski definition) is 2. The summed E-state index contributed by atoms with van der Waals surface area (Å²) in [4.78, 5) is 2.38. The van der Waals surface area contributed by atoms with Crippen molar-refractivity contribution in [2.45, 2.75) is 33.6 Å². The van der Waals surface area contributed by atoms with Crippen molar-refractivity contribution < 1.29 is 0 Å². The minimum Gasteiger partial charge on any atom is -0.374 e. The van der Waals surface area contributed by atoms with Gasteiger partial charge in [-0.05, 0) is 62.9 Å². The van der Waals surface area contributed by atoms with Gasteiger partial charge in [-0.25, -0.2) is 0 Å². The van der Waals surface area contributed by atoms with Crippen LogP contribution in [0.2, 0.25) is 0 Å². The Bertz CT molecular complexity index is 419. The van der Waals surface area contributed by atoms with Gasteiger partial charge in [-0.15, -0.1) is 0 Å². The van der Waals surface area contributed by atoms with Crippen LogP contribution in [0.15, 0.2) is 12.1 Å². The predicted octanol–water partition coefficient (Wildman–Crippen LogP) is 2.79. The van der Waals surface area contributed by atoms with Crippen molar-refractivity contribution in [3.8, 4) is 0 Å². The van der Waals surface area contributed by atoms with Gasteiger partial charge < -0.3 is 10.6 Å². The number of anilines is 1. The first kappa shape index (κ1) is 12.4. The van der Waals surface area contributed by atoms with Crippen molar-refractivity contribution >= 4 is 5.69 Å². The molecule has 0 radical (unpaired) electrons. The molecule has 0 saturated heterocycles. The van der Waals surface area contributed by atoms with E-state index in [9.17, 15) is 0 Å². The van der Waals surface area contributed by atoms with Crippen LogP contribution in [0.25, 0.3) is 0 Å². The Morgan fingerprint density at radius 3 is 2.24 bits per heavy atom. The van der Waals surface area contributed by atoms with Crippen LogP contribution in [0.1, 0.15) is 29.5 Å². The highest BCUT2D eigenvalue weighted by molar-refractivity contribution is 5.56. The monoisotopic (exact) mass is 232 g/mol. The molecule has 0 unspecified atom stereocenters. The van der Waals surface area contributed by atoms with E-state index >= 15 is 0 Å². The van der Waals surface area contributed by atoms with Gasteiger partial charge in [-0.3, -0.25) is 0 Å². The fraction of sp³-hybridized carbons (Fsp3) is 0.600. The summed E-state index contributed by atoms with van der Waals surface area (Å²) in [5, 5.41) is 0. The summed E-state index contributed by atoms with van der Waals surface area (Å²) in [7, 11) is 2.19. The van der Waals surface area contributed by atoms with E-state index in [0.717, 1.165) is 13.1 Å². The van der Waals surface area contributed by atoms with E-state index in [-0.39, 0.29) is 0 Å². The molecule has 94 valence electrons. The van der Waals surface area contributed by atoms with E-state index in [1.807, 2.05) is 0 Å². The minimum atomic E-state index is 0.403. The average molecular weight is 232 g/mol. The van der Waals surface area contributed by atoms with Crippen molar-refractivity contribution in [3.05, 3.63) is 28.8 Å². The Hall–Kier alpha value is -1.02. The second-order valence-corrected chi connectivity index (χ2v) is 5.78. The number of nitrogens with two attached hydrogens (primary N) is 1. The van der Waals surface area contributed by atoms with Gasteiger partial charge in [0.05, 0.1) is 0 Å². The van der Waals surface area contributed by atoms with Crippen LogP contribution in [0.4, 0.5) is 5.69 Å². The predicted molar refractivity (Wildman–Crippen MR) is 74.6 cm³/mol. The Kier molecular flexibility index (Phi) is 3.17. The average Bonchev–Trinajstić information content (AvgIpc) is 3.04. The van der Waals surface area contributed by atoms with E-state index in [2.05, 4.69) is 44.9 Å². The molecule has 2 rings (SSSR count). The van der Waals surface area contributed by atoms with Crippen molar-refractivity contribution in [1.29, 1.82) is 0 Å². The lowest BCUT2D eigenvalue weighted by atomic mass is 10.0. The SMILES string of the molecule is Cc1cc(C)c(N(C)CC2(CN)CC2)cc1C. The second kappa shape index (κ2) is 4.34. The summed E-state index contributed by atoms with van der Waals surface area (Å²) < 4.78 is 0. The van der Waals surface area contributed by atoms with E-state index in [4.69, 9.17) is 5.73 Å². The van der Waals surface area contributed by atoms with Gasteiger partial charge in [0, 0.05) is 24.7 Å². The first-order valence-electron chi connectivity index (χ1n) is 6.46. The first-order valence-corrected chi connectivity index (χ1v) is 6.46. The molecular weight excluding hydrogens is 208 g/mol. The summed E-state index contributed by atoms with van der Waals surface area (Å²) in [5.41, 5.74) is 11.7. The number of hydrogen-bond donors (Lipinski definition) is 1. The summed E-state index contributed by atoms with van der Waals surface area (Å²) in [5.74, 6) is 0. The lowest BCUT2D eigenvalue weighted by Gasteiger charge is -2.27.